The van der Waals surface area contributed by atoms with Gasteiger partial charge in [-0.2, -0.15) is 5.21 Å². The molecule has 0 saturated carbocycles. The summed E-state index contributed by atoms with van der Waals surface area (Å²) in [6.45, 7) is 1.77. The maximum Gasteiger partial charge on any atom is 0.340 e. The number of H-pyrrole nitrogens is 1. The molecule has 0 saturated heterocycles. The van der Waals surface area contributed by atoms with Crippen LogP contribution in [0.25, 0.3) is 11.0 Å². The van der Waals surface area contributed by atoms with E-state index in [4.69, 9.17) is 9.15 Å². The number of nitrogens with zero attached hydrogens (tertiary/aromatic N) is 3. The number of rotatable bonds is 4. The number of fused-ring (bicyclic) bond motifs is 1. The molecule has 1 amide bonds. The molecular weight excluding hydrogens is 302 g/mol. The van der Waals surface area contributed by atoms with E-state index < -0.39 is 11.5 Å². The van der Waals surface area contributed by atoms with Gasteiger partial charge in [0.1, 0.15) is 11.3 Å². The number of carbonyl (C=O) groups excluding carboxylic acids is 1. The largest absolute Gasteiger partial charge is 0.497 e. The quantitative estimate of drug-likeness (QED) is 0.683. The molecule has 9 nitrogen and oxygen atoms in total. The predicted molar refractivity (Wildman–Crippen MR) is 80.3 cm³/mol. The zero-order chi connectivity index (χ0) is 16.4. The lowest BCUT2D eigenvalue weighted by Gasteiger charge is -2.08. The summed E-state index contributed by atoms with van der Waals surface area (Å²) in [7, 11) is 1.53. The van der Waals surface area contributed by atoms with Crippen molar-refractivity contribution >= 4 is 22.8 Å². The van der Waals surface area contributed by atoms with Crippen LogP contribution in [-0.2, 0) is 11.2 Å². The minimum absolute atomic E-state index is 0.0440. The molecule has 0 radical (unpaired) electrons. The Bertz CT molecular complexity index is 917. The van der Waals surface area contributed by atoms with Gasteiger partial charge in [-0.3, -0.25) is 10.1 Å². The van der Waals surface area contributed by atoms with Crippen molar-refractivity contribution in [1.82, 2.24) is 20.6 Å². The highest BCUT2D eigenvalue weighted by atomic mass is 16.5. The second kappa shape index (κ2) is 5.87. The molecule has 23 heavy (non-hydrogen) atoms. The second-order valence-corrected chi connectivity index (χ2v) is 4.82. The summed E-state index contributed by atoms with van der Waals surface area (Å²) >= 11 is 0. The van der Waals surface area contributed by atoms with Crippen molar-refractivity contribution in [3.63, 3.8) is 0 Å². The summed E-state index contributed by atoms with van der Waals surface area (Å²) in [6.07, 6.45) is -0.148. The molecule has 0 aliphatic rings. The van der Waals surface area contributed by atoms with Crippen LogP contribution >= 0.6 is 0 Å². The van der Waals surface area contributed by atoms with Crippen LogP contribution in [0.3, 0.4) is 0 Å². The fourth-order valence-corrected chi connectivity index (χ4v) is 2.25. The molecule has 2 heterocycles. The van der Waals surface area contributed by atoms with Gasteiger partial charge in [0.05, 0.1) is 19.1 Å². The molecule has 1 aromatic carbocycles. The lowest BCUT2D eigenvalue weighted by atomic mass is 10.0. The van der Waals surface area contributed by atoms with E-state index in [1.54, 1.807) is 25.1 Å². The number of ether oxygens (including phenoxy) is 1. The van der Waals surface area contributed by atoms with Crippen LogP contribution in [-0.4, -0.2) is 33.6 Å². The van der Waals surface area contributed by atoms with Crippen molar-refractivity contribution in [2.24, 2.45) is 0 Å². The number of nitrogens with one attached hydrogen (secondary N) is 2. The van der Waals surface area contributed by atoms with Crippen molar-refractivity contribution in [3.8, 4) is 5.75 Å². The molecule has 2 N–H and O–H groups in total. The third kappa shape index (κ3) is 2.89. The first-order valence-electron chi connectivity index (χ1n) is 6.72. The van der Waals surface area contributed by atoms with Gasteiger partial charge in [0.2, 0.25) is 5.91 Å². The molecule has 0 aliphatic carbocycles. The fraction of sp³-hybridized carbons (Fsp3) is 0.214. The molecule has 3 rings (SSSR count). The van der Waals surface area contributed by atoms with Gasteiger partial charge < -0.3 is 9.15 Å². The number of tetrazole rings is 1. The van der Waals surface area contributed by atoms with Crippen LogP contribution in [0, 0.1) is 6.92 Å². The van der Waals surface area contributed by atoms with Crippen molar-refractivity contribution in [2.75, 3.05) is 12.4 Å². The molecule has 3 aromatic rings. The van der Waals surface area contributed by atoms with Crippen molar-refractivity contribution < 1.29 is 13.9 Å². The van der Waals surface area contributed by atoms with Gasteiger partial charge in [0.25, 0.3) is 5.95 Å². The Labute approximate surface area is 129 Å². The molecule has 0 aliphatic heterocycles. The fourth-order valence-electron chi connectivity index (χ4n) is 2.25. The molecule has 2 aromatic heterocycles. The van der Waals surface area contributed by atoms with Gasteiger partial charge in [0, 0.05) is 11.5 Å². The standard InChI is InChI=1S/C14H13N5O4/c1-7-9-4-3-8(22-2)5-11(9)23-13(21)10(7)6-12(20)15-14-16-18-19-17-14/h3-5H,6H2,1-2H3,(H2,15,16,17,18,19,20). The maximum atomic E-state index is 12.2. The van der Waals surface area contributed by atoms with Gasteiger partial charge in [0.15, 0.2) is 0 Å². The summed E-state index contributed by atoms with van der Waals surface area (Å²) in [5.74, 6) is 0.194. The lowest BCUT2D eigenvalue weighted by molar-refractivity contribution is -0.115. The zero-order valence-corrected chi connectivity index (χ0v) is 12.4. The summed E-state index contributed by atoms with van der Waals surface area (Å²) in [6, 6.07) is 5.18. The minimum atomic E-state index is -0.563. The highest BCUT2D eigenvalue weighted by molar-refractivity contribution is 5.92. The second-order valence-electron chi connectivity index (χ2n) is 4.82. The summed E-state index contributed by atoms with van der Waals surface area (Å²) < 4.78 is 10.4. The molecule has 0 unspecified atom stereocenters. The first kappa shape index (κ1) is 14.7. The number of hydrogen-bond acceptors (Lipinski definition) is 7. The third-order valence-electron chi connectivity index (χ3n) is 3.43. The smallest absolute Gasteiger partial charge is 0.340 e. The normalized spacial score (nSPS) is 10.7. The number of aromatic amines is 1. The zero-order valence-electron chi connectivity index (χ0n) is 12.4. The molecule has 0 bridgehead atoms. The lowest BCUT2D eigenvalue weighted by Crippen LogP contribution is -2.21. The number of carbonyl (C=O) groups is 1. The van der Waals surface area contributed by atoms with E-state index in [-0.39, 0.29) is 17.9 Å². The first-order valence-corrected chi connectivity index (χ1v) is 6.72. The Morgan fingerprint density at radius 1 is 1.43 bits per heavy atom. The van der Waals surface area contributed by atoms with E-state index in [0.29, 0.717) is 16.9 Å². The Hall–Kier alpha value is -3.23. The highest BCUT2D eigenvalue weighted by Crippen LogP contribution is 2.24. The Kier molecular flexibility index (Phi) is 3.75. The Balaban J connectivity index is 1.94. The van der Waals surface area contributed by atoms with Gasteiger partial charge in [-0.1, -0.05) is 5.10 Å². The molecule has 0 fully saturated rings. The predicted octanol–water partition coefficient (Wildman–Crippen LogP) is 0.804. The third-order valence-corrected chi connectivity index (χ3v) is 3.43. The highest BCUT2D eigenvalue weighted by Gasteiger charge is 2.16. The van der Waals surface area contributed by atoms with Crippen LogP contribution in [0.2, 0.25) is 0 Å². The molecule has 0 atom stereocenters. The van der Waals surface area contributed by atoms with Gasteiger partial charge in [-0.15, -0.1) is 5.10 Å². The van der Waals surface area contributed by atoms with Gasteiger partial charge in [-0.05, 0) is 29.8 Å². The topological polar surface area (TPSA) is 123 Å². The van der Waals surface area contributed by atoms with E-state index in [9.17, 15) is 9.59 Å². The Morgan fingerprint density at radius 2 is 2.26 bits per heavy atom. The van der Waals surface area contributed by atoms with Gasteiger partial charge in [-0.25, -0.2) is 4.79 Å². The minimum Gasteiger partial charge on any atom is -0.497 e. The van der Waals surface area contributed by atoms with E-state index >= 15 is 0 Å². The average molecular weight is 315 g/mol. The van der Waals surface area contributed by atoms with Crippen LogP contribution in [0.4, 0.5) is 5.95 Å². The summed E-state index contributed by atoms with van der Waals surface area (Å²) in [4.78, 5) is 24.1. The van der Waals surface area contributed by atoms with E-state index in [1.807, 2.05) is 0 Å². The SMILES string of the molecule is COc1ccc2c(C)c(CC(=O)Nc3nn[nH]n3)c(=O)oc2c1. The van der Waals surface area contributed by atoms with Crippen molar-refractivity contribution in [2.45, 2.75) is 13.3 Å². The van der Waals surface area contributed by atoms with E-state index in [0.717, 1.165) is 5.39 Å². The summed E-state index contributed by atoms with van der Waals surface area (Å²) in [5.41, 5.74) is 0.812. The maximum absolute atomic E-state index is 12.2. The average Bonchev–Trinajstić information content (AvgIpc) is 3.03. The number of aromatic nitrogens is 4. The molecule has 0 spiro atoms. The molecular formula is C14H13N5O4. The monoisotopic (exact) mass is 315 g/mol. The summed E-state index contributed by atoms with van der Waals surface area (Å²) in [5, 5.41) is 16.0. The van der Waals surface area contributed by atoms with Crippen molar-refractivity contribution in [3.05, 3.63) is 39.7 Å². The number of benzene rings is 1. The van der Waals surface area contributed by atoms with Crippen molar-refractivity contribution in [1.29, 1.82) is 0 Å². The van der Waals surface area contributed by atoms with Crippen LogP contribution in [0.1, 0.15) is 11.1 Å². The molecule has 9 heteroatoms. The van der Waals surface area contributed by atoms with Gasteiger partial charge >= 0.3 is 5.63 Å². The van der Waals surface area contributed by atoms with Crippen LogP contribution in [0.5, 0.6) is 5.75 Å². The van der Waals surface area contributed by atoms with Crippen LogP contribution in [0.15, 0.2) is 27.4 Å². The molecule has 118 valence electrons. The van der Waals surface area contributed by atoms with E-state index in [1.165, 1.54) is 7.11 Å². The number of aryl methyl sites for hydroxylation is 1. The van der Waals surface area contributed by atoms with Crippen LogP contribution < -0.4 is 15.7 Å². The number of hydrogen-bond donors (Lipinski definition) is 2. The number of amides is 1. The number of anilines is 1. The Morgan fingerprint density at radius 3 is 2.96 bits per heavy atom. The first-order chi connectivity index (χ1) is 11.1. The number of methoxy groups -OCH3 is 1. The van der Waals surface area contributed by atoms with E-state index in [2.05, 4.69) is 25.9 Å².